The van der Waals surface area contributed by atoms with Crippen LogP contribution in [0.25, 0.3) is 0 Å². The third-order valence-electron chi connectivity index (χ3n) is 4.16. The highest BCUT2D eigenvalue weighted by atomic mass is 127. The maximum Gasteiger partial charge on any atom is 0.252 e. The van der Waals surface area contributed by atoms with Crippen molar-refractivity contribution in [2.75, 3.05) is 33.4 Å². The van der Waals surface area contributed by atoms with Crippen LogP contribution in [0.2, 0.25) is 0 Å². The van der Waals surface area contributed by atoms with Gasteiger partial charge in [0.2, 0.25) is 0 Å². The van der Waals surface area contributed by atoms with Gasteiger partial charge in [0.05, 0.1) is 19.8 Å². The fraction of sp³-hybridized carbons (Fsp3) is 0.389. The Balaban J connectivity index is 0.00000280. The molecule has 7 nitrogen and oxygen atoms in total. The van der Waals surface area contributed by atoms with Crippen LogP contribution in [0.15, 0.2) is 51.7 Å². The molecule has 0 saturated carbocycles. The molecule has 0 radical (unpaired) electrons. The number of sulfonamides is 1. The zero-order valence-electron chi connectivity index (χ0n) is 15.6. The maximum absolute atomic E-state index is 12.7. The van der Waals surface area contributed by atoms with Gasteiger partial charge >= 0.3 is 0 Å². The summed E-state index contributed by atoms with van der Waals surface area (Å²) in [6.07, 6.45) is 0. The molecule has 0 aliphatic carbocycles. The lowest BCUT2D eigenvalue weighted by atomic mass is 10.2. The number of thiophene rings is 1. The fourth-order valence-corrected chi connectivity index (χ4v) is 5.54. The lowest BCUT2D eigenvalue weighted by molar-refractivity contribution is 0.0731. The molecule has 1 aliphatic heterocycles. The number of nitrogens with zero attached hydrogens (tertiary/aromatic N) is 2. The van der Waals surface area contributed by atoms with Crippen LogP contribution in [0.5, 0.6) is 0 Å². The van der Waals surface area contributed by atoms with Crippen molar-refractivity contribution in [3.05, 3.63) is 52.9 Å². The Bertz CT molecular complexity index is 866. The number of rotatable bonds is 6. The maximum atomic E-state index is 12.7. The van der Waals surface area contributed by atoms with Crippen LogP contribution in [0.4, 0.5) is 0 Å². The summed E-state index contributed by atoms with van der Waals surface area (Å²) in [4.78, 5) is 5.14. The minimum atomic E-state index is -3.43. The minimum absolute atomic E-state index is 0. The minimum Gasteiger partial charge on any atom is -0.379 e. The van der Waals surface area contributed by atoms with E-state index in [0.717, 1.165) is 10.4 Å². The number of hydrogen-bond acceptors (Lipinski definition) is 5. The van der Waals surface area contributed by atoms with Gasteiger partial charge in [-0.3, -0.25) is 4.99 Å². The van der Waals surface area contributed by atoms with Gasteiger partial charge < -0.3 is 15.4 Å². The van der Waals surface area contributed by atoms with E-state index < -0.39 is 10.0 Å². The van der Waals surface area contributed by atoms with Gasteiger partial charge in [-0.2, -0.15) is 4.31 Å². The van der Waals surface area contributed by atoms with Gasteiger partial charge in [-0.05, 0) is 17.7 Å². The summed E-state index contributed by atoms with van der Waals surface area (Å²) >= 11 is 1.28. The molecule has 0 amide bonds. The number of benzene rings is 1. The topological polar surface area (TPSA) is 83.0 Å². The molecule has 1 aliphatic rings. The Labute approximate surface area is 187 Å². The monoisotopic (exact) mass is 536 g/mol. The van der Waals surface area contributed by atoms with E-state index in [9.17, 15) is 8.42 Å². The standard InChI is InChI=1S/C18H24N4O3S2.HI/c1-19-18(20-13-15-5-3-2-4-6-15)21-14-16-7-8-17(26-16)27(23,24)22-9-11-25-12-10-22;/h2-8H,9-14H2,1H3,(H2,19,20,21);1H. The molecule has 0 bridgehead atoms. The number of nitrogens with one attached hydrogen (secondary N) is 2. The molecule has 154 valence electrons. The van der Waals surface area contributed by atoms with Crippen LogP contribution in [-0.4, -0.2) is 52.0 Å². The van der Waals surface area contributed by atoms with Crippen molar-refractivity contribution < 1.29 is 13.2 Å². The first-order valence-electron chi connectivity index (χ1n) is 8.74. The van der Waals surface area contributed by atoms with Crippen LogP contribution in [0.3, 0.4) is 0 Å². The number of halogens is 1. The summed E-state index contributed by atoms with van der Waals surface area (Å²) in [5.74, 6) is 0.671. The van der Waals surface area contributed by atoms with Crippen LogP contribution < -0.4 is 10.6 Å². The highest BCUT2D eigenvalue weighted by Crippen LogP contribution is 2.25. The van der Waals surface area contributed by atoms with Gasteiger partial charge in [0.15, 0.2) is 5.96 Å². The van der Waals surface area contributed by atoms with E-state index in [0.29, 0.717) is 49.6 Å². The summed E-state index contributed by atoms with van der Waals surface area (Å²) in [6.45, 7) is 2.89. The van der Waals surface area contributed by atoms with Crippen LogP contribution in [-0.2, 0) is 27.8 Å². The number of guanidine groups is 1. The molecule has 1 aromatic heterocycles. The summed E-state index contributed by atoms with van der Waals surface area (Å²) in [5, 5.41) is 6.47. The number of morpholine rings is 1. The molecule has 0 spiro atoms. The molecule has 2 aromatic rings. The van der Waals surface area contributed by atoms with Crippen molar-refractivity contribution in [3.8, 4) is 0 Å². The van der Waals surface area contributed by atoms with Crippen molar-refractivity contribution in [1.29, 1.82) is 0 Å². The summed E-state index contributed by atoms with van der Waals surface area (Å²) < 4.78 is 32.4. The van der Waals surface area contributed by atoms with E-state index in [4.69, 9.17) is 4.74 Å². The Hall–Kier alpha value is -1.21. The van der Waals surface area contributed by atoms with E-state index in [1.54, 1.807) is 13.1 Å². The second kappa shape index (κ2) is 11.1. The van der Waals surface area contributed by atoms with Crippen LogP contribution >= 0.6 is 35.3 Å². The lowest BCUT2D eigenvalue weighted by Crippen LogP contribution is -2.40. The zero-order chi connectivity index (χ0) is 19.1. The smallest absolute Gasteiger partial charge is 0.252 e. The second-order valence-corrected chi connectivity index (χ2v) is 9.34. The van der Waals surface area contributed by atoms with E-state index in [1.807, 2.05) is 36.4 Å². The fourth-order valence-electron chi connectivity index (χ4n) is 2.68. The molecule has 1 fully saturated rings. The Morgan fingerprint density at radius 2 is 1.79 bits per heavy atom. The first-order valence-corrected chi connectivity index (χ1v) is 11.0. The molecule has 28 heavy (non-hydrogen) atoms. The SMILES string of the molecule is CN=C(NCc1ccccc1)NCc1ccc(S(=O)(=O)N2CCOCC2)s1.I. The van der Waals surface area contributed by atoms with Gasteiger partial charge in [-0.15, -0.1) is 35.3 Å². The number of ether oxygens (including phenoxy) is 1. The number of hydrogen-bond donors (Lipinski definition) is 2. The van der Waals surface area contributed by atoms with Crippen molar-refractivity contribution in [2.24, 2.45) is 4.99 Å². The average Bonchev–Trinajstić information content (AvgIpc) is 3.19. The Morgan fingerprint density at radius 1 is 1.11 bits per heavy atom. The molecule has 2 N–H and O–H groups in total. The van der Waals surface area contributed by atoms with E-state index in [1.165, 1.54) is 15.6 Å². The highest BCUT2D eigenvalue weighted by Gasteiger charge is 2.27. The highest BCUT2D eigenvalue weighted by molar-refractivity contribution is 14.0. The van der Waals surface area contributed by atoms with Crippen molar-refractivity contribution in [3.63, 3.8) is 0 Å². The Morgan fingerprint density at radius 3 is 2.46 bits per heavy atom. The molecule has 2 heterocycles. The van der Waals surface area contributed by atoms with E-state index >= 15 is 0 Å². The summed E-state index contributed by atoms with van der Waals surface area (Å²) in [7, 11) is -1.72. The molecule has 1 saturated heterocycles. The summed E-state index contributed by atoms with van der Waals surface area (Å²) in [6, 6.07) is 13.6. The molecule has 10 heteroatoms. The van der Waals surface area contributed by atoms with E-state index in [-0.39, 0.29) is 24.0 Å². The molecular formula is C18H25IN4O3S2. The molecule has 0 atom stereocenters. The Kier molecular flexibility index (Phi) is 9.15. The van der Waals surface area contributed by atoms with Crippen molar-refractivity contribution >= 4 is 51.3 Å². The molecule has 0 unspecified atom stereocenters. The predicted molar refractivity (Wildman–Crippen MR) is 123 cm³/mol. The predicted octanol–water partition coefficient (Wildman–Crippen LogP) is 2.25. The number of aliphatic imine (C=N–C) groups is 1. The van der Waals surface area contributed by atoms with Crippen LogP contribution in [0.1, 0.15) is 10.4 Å². The van der Waals surface area contributed by atoms with Gasteiger partial charge in [-0.25, -0.2) is 8.42 Å². The molecular weight excluding hydrogens is 511 g/mol. The normalized spacial score (nSPS) is 15.7. The van der Waals surface area contributed by atoms with Crippen molar-refractivity contribution in [2.45, 2.75) is 17.3 Å². The van der Waals surface area contributed by atoms with E-state index in [2.05, 4.69) is 15.6 Å². The van der Waals surface area contributed by atoms with Gasteiger partial charge in [0.1, 0.15) is 4.21 Å². The van der Waals surface area contributed by atoms with Gasteiger partial charge in [0.25, 0.3) is 10.0 Å². The third kappa shape index (κ3) is 6.14. The van der Waals surface area contributed by atoms with Crippen LogP contribution in [0, 0.1) is 0 Å². The largest absolute Gasteiger partial charge is 0.379 e. The lowest BCUT2D eigenvalue weighted by Gasteiger charge is -2.25. The average molecular weight is 536 g/mol. The van der Waals surface area contributed by atoms with Crippen molar-refractivity contribution in [1.82, 2.24) is 14.9 Å². The van der Waals surface area contributed by atoms with Gasteiger partial charge in [-0.1, -0.05) is 30.3 Å². The van der Waals surface area contributed by atoms with Gasteiger partial charge in [0, 0.05) is 31.6 Å². The molecule has 1 aromatic carbocycles. The molecule has 3 rings (SSSR count). The first-order chi connectivity index (χ1) is 13.1. The summed E-state index contributed by atoms with van der Waals surface area (Å²) in [5.41, 5.74) is 1.16. The zero-order valence-corrected chi connectivity index (χ0v) is 19.6. The quantitative estimate of drug-likeness (QED) is 0.336. The third-order valence-corrected chi connectivity index (χ3v) is 7.61. The first kappa shape index (κ1) is 23.1. The second-order valence-electron chi connectivity index (χ2n) is 6.00.